The van der Waals surface area contributed by atoms with Gasteiger partial charge in [0.2, 0.25) is 0 Å². The van der Waals surface area contributed by atoms with E-state index in [1.54, 1.807) is 31.3 Å². The fourth-order valence-electron chi connectivity index (χ4n) is 3.47. The molecule has 2 aromatic rings. The van der Waals surface area contributed by atoms with Crippen molar-refractivity contribution in [3.8, 4) is 11.5 Å². The topological polar surface area (TPSA) is 65.1 Å². The van der Waals surface area contributed by atoms with Crippen molar-refractivity contribution in [1.29, 1.82) is 0 Å². The van der Waals surface area contributed by atoms with Gasteiger partial charge in [-0.25, -0.2) is 4.79 Å². The molecule has 28 heavy (non-hydrogen) atoms. The van der Waals surface area contributed by atoms with E-state index in [0.29, 0.717) is 23.6 Å². The zero-order valence-corrected chi connectivity index (χ0v) is 16.4. The maximum Gasteiger partial charge on any atom is 0.338 e. The normalized spacial score (nSPS) is 16.0. The van der Waals surface area contributed by atoms with Crippen molar-refractivity contribution in [3.05, 3.63) is 59.2 Å². The van der Waals surface area contributed by atoms with E-state index in [-0.39, 0.29) is 18.6 Å². The molecule has 3 rings (SSSR count). The average Bonchev–Trinajstić information content (AvgIpc) is 3.21. The molecule has 0 radical (unpaired) electrons. The predicted molar refractivity (Wildman–Crippen MR) is 105 cm³/mol. The van der Waals surface area contributed by atoms with Crippen molar-refractivity contribution in [2.75, 3.05) is 27.4 Å². The van der Waals surface area contributed by atoms with E-state index < -0.39 is 5.97 Å². The smallest absolute Gasteiger partial charge is 0.338 e. The zero-order valence-electron chi connectivity index (χ0n) is 16.4. The lowest BCUT2D eigenvalue weighted by molar-refractivity contribution is -0.135. The third kappa shape index (κ3) is 4.27. The quantitative estimate of drug-likeness (QED) is 0.714. The van der Waals surface area contributed by atoms with E-state index >= 15 is 0 Å². The van der Waals surface area contributed by atoms with E-state index in [1.807, 2.05) is 37.3 Å². The molecule has 6 heteroatoms. The molecule has 148 valence electrons. The van der Waals surface area contributed by atoms with Gasteiger partial charge in [0.25, 0.3) is 5.91 Å². The summed E-state index contributed by atoms with van der Waals surface area (Å²) in [5.74, 6) is 0.707. The van der Waals surface area contributed by atoms with Crippen LogP contribution in [0.15, 0.2) is 42.5 Å². The first-order chi connectivity index (χ1) is 13.5. The van der Waals surface area contributed by atoms with Crippen molar-refractivity contribution >= 4 is 11.9 Å². The predicted octanol–water partition coefficient (Wildman–Crippen LogP) is 3.53. The molecule has 0 unspecified atom stereocenters. The fourth-order valence-corrected chi connectivity index (χ4v) is 3.47. The van der Waals surface area contributed by atoms with Gasteiger partial charge in [-0.3, -0.25) is 4.79 Å². The molecule has 1 heterocycles. The minimum Gasteiger partial charge on any atom is -0.497 e. The fraction of sp³-hybridized carbons (Fsp3) is 0.364. The Labute approximate surface area is 165 Å². The summed E-state index contributed by atoms with van der Waals surface area (Å²) in [6.45, 7) is 2.28. The van der Waals surface area contributed by atoms with Crippen LogP contribution in [0, 0.1) is 6.92 Å². The van der Waals surface area contributed by atoms with E-state index in [9.17, 15) is 9.59 Å². The highest BCUT2D eigenvalue weighted by atomic mass is 16.5. The van der Waals surface area contributed by atoms with E-state index in [1.165, 1.54) is 0 Å². The summed E-state index contributed by atoms with van der Waals surface area (Å²) >= 11 is 0. The molecule has 0 aliphatic carbocycles. The SMILES string of the molecule is COc1ccc(OC)c([C@H]2CCCN2C(=O)COC(=O)c2ccc(C)cc2)c1. The largest absolute Gasteiger partial charge is 0.497 e. The summed E-state index contributed by atoms with van der Waals surface area (Å²) in [6.07, 6.45) is 1.70. The highest BCUT2D eigenvalue weighted by Crippen LogP contribution is 2.38. The Bertz CT molecular complexity index is 847. The first-order valence-corrected chi connectivity index (χ1v) is 9.28. The lowest BCUT2D eigenvalue weighted by Crippen LogP contribution is -2.34. The number of benzene rings is 2. The van der Waals surface area contributed by atoms with Crippen LogP contribution >= 0.6 is 0 Å². The lowest BCUT2D eigenvalue weighted by atomic mass is 10.0. The summed E-state index contributed by atoms with van der Waals surface area (Å²) in [7, 11) is 3.21. The van der Waals surface area contributed by atoms with Crippen molar-refractivity contribution in [2.24, 2.45) is 0 Å². The number of carbonyl (C=O) groups is 2. The first-order valence-electron chi connectivity index (χ1n) is 9.28. The van der Waals surface area contributed by atoms with Gasteiger partial charge in [0.1, 0.15) is 11.5 Å². The number of hydrogen-bond acceptors (Lipinski definition) is 5. The minimum absolute atomic E-state index is 0.129. The van der Waals surface area contributed by atoms with Crippen molar-refractivity contribution in [2.45, 2.75) is 25.8 Å². The number of methoxy groups -OCH3 is 2. The Morgan fingerprint density at radius 3 is 2.50 bits per heavy atom. The lowest BCUT2D eigenvalue weighted by Gasteiger charge is -2.26. The highest BCUT2D eigenvalue weighted by molar-refractivity contribution is 5.91. The van der Waals surface area contributed by atoms with Gasteiger partial charge in [-0.15, -0.1) is 0 Å². The molecular formula is C22H25NO5. The molecule has 0 saturated carbocycles. The summed E-state index contributed by atoms with van der Waals surface area (Å²) < 4.78 is 16.0. The highest BCUT2D eigenvalue weighted by Gasteiger charge is 2.32. The maximum absolute atomic E-state index is 12.7. The number of likely N-dealkylation sites (tertiary alicyclic amines) is 1. The molecule has 0 aromatic heterocycles. The Kier molecular flexibility index (Phi) is 6.19. The molecule has 0 bridgehead atoms. The van der Waals surface area contributed by atoms with Crippen LogP contribution in [0.5, 0.6) is 11.5 Å². The summed E-state index contributed by atoms with van der Waals surface area (Å²) in [5, 5.41) is 0. The third-order valence-corrected chi connectivity index (χ3v) is 4.98. The number of hydrogen-bond donors (Lipinski definition) is 0. The van der Waals surface area contributed by atoms with Crippen molar-refractivity contribution in [1.82, 2.24) is 4.90 Å². The second-order valence-corrected chi connectivity index (χ2v) is 6.80. The Morgan fingerprint density at radius 1 is 1.07 bits per heavy atom. The monoisotopic (exact) mass is 383 g/mol. The van der Waals surface area contributed by atoms with Crippen LogP contribution in [0.25, 0.3) is 0 Å². The van der Waals surface area contributed by atoms with E-state index in [2.05, 4.69) is 0 Å². The second-order valence-electron chi connectivity index (χ2n) is 6.80. The average molecular weight is 383 g/mol. The summed E-state index contributed by atoms with van der Waals surface area (Å²) in [4.78, 5) is 26.7. The number of nitrogens with zero attached hydrogens (tertiary/aromatic N) is 1. The second kappa shape index (κ2) is 8.78. The molecule has 0 N–H and O–H groups in total. The molecule has 1 fully saturated rings. The number of ether oxygens (including phenoxy) is 3. The van der Waals surface area contributed by atoms with E-state index in [4.69, 9.17) is 14.2 Å². The molecule has 1 aliphatic rings. The molecule has 2 aromatic carbocycles. The van der Waals surface area contributed by atoms with Crippen LogP contribution in [0.4, 0.5) is 0 Å². The van der Waals surface area contributed by atoms with Gasteiger partial charge >= 0.3 is 5.97 Å². The molecule has 1 atom stereocenters. The van der Waals surface area contributed by atoms with Crippen LogP contribution in [0.3, 0.4) is 0 Å². The van der Waals surface area contributed by atoms with Crippen LogP contribution in [-0.4, -0.2) is 44.1 Å². The zero-order chi connectivity index (χ0) is 20.1. The van der Waals surface area contributed by atoms with Gasteiger partial charge in [-0.05, 0) is 50.1 Å². The standard InChI is InChI=1S/C22H25NO5/c1-15-6-8-16(9-7-15)22(25)28-14-21(24)23-12-4-5-19(23)18-13-17(26-2)10-11-20(18)27-3/h6-11,13,19H,4-5,12,14H2,1-3H3/t19-/m1/s1. The number of amides is 1. The van der Waals surface area contributed by atoms with Crippen LogP contribution < -0.4 is 9.47 Å². The molecule has 6 nitrogen and oxygen atoms in total. The van der Waals surface area contributed by atoms with Gasteiger partial charge in [0.05, 0.1) is 25.8 Å². The van der Waals surface area contributed by atoms with Crippen molar-refractivity contribution < 1.29 is 23.8 Å². The summed E-state index contributed by atoms with van der Waals surface area (Å²) in [6, 6.07) is 12.5. The van der Waals surface area contributed by atoms with Gasteiger partial charge in [-0.2, -0.15) is 0 Å². The van der Waals surface area contributed by atoms with Crippen molar-refractivity contribution in [3.63, 3.8) is 0 Å². The number of aryl methyl sites for hydroxylation is 1. The Hall–Kier alpha value is -3.02. The number of carbonyl (C=O) groups excluding carboxylic acids is 2. The van der Waals surface area contributed by atoms with Gasteiger partial charge < -0.3 is 19.1 Å². The number of esters is 1. The molecule has 1 amide bonds. The van der Waals surface area contributed by atoms with Crippen LogP contribution in [0.1, 0.15) is 40.4 Å². The number of rotatable bonds is 6. The van der Waals surface area contributed by atoms with Gasteiger partial charge in [0.15, 0.2) is 6.61 Å². The molecular weight excluding hydrogens is 358 g/mol. The first kappa shape index (κ1) is 19.7. The third-order valence-electron chi connectivity index (χ3n) is 4.98. The Balaban J connectivity index is 1.69. The molecule has 1 aliphatic heterocycles. The van der Waals surface area contributed by atoms with Gasteiger partial charge in [0, 0.05) is 12.1 Å². The Morgan fingerprint density at radius 2 is 1.82 bits per heavy atom. The summed E-state index contributed by atoms with van der Waals surface area (Å²) in [5.41, 5.74) is 2.39. The molecule has 0 spiro atoms. The molecule has 1 saturated heterocycles. The van der Waals surface area contributed by atoms with Gasteiger partial charge in [-0.1, -0.05) is 17.7 Å². The maximum atomic E-state index is 12.7. The van der Waals surface area contributed by atoms with Crippen LogP contribution in [-0.2, 0) is 9.53 Å². The van der Waals surface area contributed by atoms with E-state index in [0.717, 1.165) is 24.0 Å². The minimum atomic E-state index is -0.497. The van der Waals surface area contributed by atoms with Crippen LogP contribution in [0.2, 0.25) is 0 Å².